The van der Waals surface area contributed by atoms with Gasteiger partial charge < -0.3 is 10.2 Å². The zero-order valence-electron chi connectivity index (χ0n) is 10.7. The van der Waals surface area contributed by atoms with Crippen molar-refractivity contribution < 1.29 is 4.79 Å². The Morgan fingerprint density at radius 3 is 2.22 bits per heavy atom. The first-order valence-electron chi connectivity index (χ1n) is 6.50. The molecule has 0 saturated carbocycles. The van der Waals surface area contributed by atoms with Crippen LogP contribution in [0, 0.1) is 28.6 Å². The van der Waals surface area contributed by atoms with E-state index in [0.717, 1.165) is 25.9 Å². The molecular weight excluding hydrogens is 228 g/mol. The van der Waals surface area contributed by atoms with Gasteiger partial charge in [0, 0.05) is 19.5 Å². The predicted molar refractivity (Wildman–Crippen MR) is 67.3 cm³/mol. The number of carbonyl (C=O) groups excluding carboxylic acids is 1. The van der Waals surface area contributed by atoms with Crippen molar-refractivity contribution in [3.63, 3.8) is 0 Å². The van der Waals surface area contributed by atoms with E-state index in [4.69, 9.17) is 10.5 Å². The Labute approximate surface area is 108 Å². The summed E-state index contributed by atoms with van der Waals surface area (Å²) in [5, 5.41) is 20.4. The molecule has 1 aliphatic rings. The van der Waals surface area contributed by atoms with Crippen LogP contribution in [0.1, 0.15) is 32.1 Å². The summed E-state index contributed by atoms with van der Waals surface area (Å²) in [5.74, 6) is 0.540. The van der Waals surface area contributed by atoms with E-state index in [9.17, 15) is 4.79 Å². The summed E-state index contributed by atoms with van der Waals surface area (Å²) in [7, 11) is 0. The van der Waals surface area contributed by atoms with Crippen LogP contribution < -0.4 is 5.32 Å². The monoisotopic (exact) mass is 248 g/mol. The molecule has 1 fully saturated rings. The normalized spacial score (nSPS) is 15.7. The maximum atomic E-state index is 12.1. The second-order valence-corrected chi connectivity index (χ2v) is 4.59. The Morgan fingerprint density at radius 1 is 1.17 bits per heavy atom. The van der Waals surface area contributed by atoms with Crippen molar-refractivity contribution in [1.29, 1.82) is 10.5 Å². The van der Waals surface area contributed by atoms with Crippen molar-refractivity contribution in [2.24, 2.45) is 5.92 Å². The number of hydrogen-bond acceptors (Lipinski definition) is 4. The Morgan fingerprint density at radius 2 is 1.72 bits per heavy atom. The van der Waals surface area contributed by atoms with Crippen LogP contribution in [0.2, 0.25) is 0 Å². The lowest BCUT2D eigenvalue weighted by Gasteiger charge is -2.26. The van der Waals surface area contributed by atoms with Crippen LogP contribution >= 0.6 is 0 Å². The Kier molecular flexibility index (Phi) is 6.83. The summed E-state index contributed by atoms with van der Waals surface area (Å²) < 4.78 is 0. The van der Waals surface area contributed by atoms with Crippen LogP contribution in [0.25, 0.3) is 0 Å². The lowest BCUT2D eigenvalue weighted by molar-refractivity contribution is -0.132. The summed E-state index contributed by atoms with van der Waals surface area (Å²) in [6, 6.07) is 4.09. The zero-order chi connectivity index (χ0) is 13.2. The highest BCUT2D eigenvalue weighted by Crippen LogP contribution is 2.17. The van der Waals surface area contributed by atoms with Gasteiger partial charge in [0.05, 0.1) is 25.0 Å². The second kappa shape index (κ2) is 8.49. The van der Waals surface area contributed by atoms with Gasteiger partial charge in [-0.15, -0.1) is 0 Å². The lowest BCUT2D eigenvalue weighted by atomic mass is 9.94. The van der Waals surface area contributed by atoms with Crippen LogP contribution in [0.15, 0.2) is 0 Å². The molecule has 1 rings (SSSR count). The summed E-state index contributed by atoms with van der Waals surface area (Å²) in [6.45, 7) is 2.85. The average Bonchev–Trinajstić information content (AvgIpc) is 2.40. The summed E-state index contributed by atoms with van der Waals surface area (Å²) >= 11 is 0. The highest BCUT2D eigenvalue weighted by Gasteiger charge is 2.20. The van der Waals surface area contributed by atoms with Gasteiger partial charge in [-0.05, 0) is 31.8 Å². The molecule has 18 heavy (non-hydrogen) atoms. The van der Waals surface area contributed by atoms with Gasteiger partial charge in [0.25, 0.3) is 0 Å². The van der Waals surface area contributed by atoms with Crippen molar-refractivity contribution in [1.82, 2.24) is 10.2 Å². The van der Waals surface area contributed by atoms with E-state index in [1.807, 2.05) is 12.1 Å². The SMILES string of the molecule is N#CCCN(CCC#N)C(=O)CC1CCNCC1. The van der Waals surface area contributed by atoms with Gasteiger partial charge in [0.2, 0.25) is 5.91 Å². The van der Waals surface area contributed by atoms with E-state index in [-0.39, 0.29) is 5.91 Å². The molecule has 1 heterocycles. The smallest absolute Gasteiger partial charge is 0.222 e. The van der Waals surface area contributed by atoms with E-state index in [1.54, 1.807) is 4.90 Å². The minimum absolute atomic E-state index is 0.0902. The van der Waals surface area contributed by atoms with Crippen molar-refractivity contribution in [3.05, 3.63) is 0 Å². The minimum Gasteiger partial charge on any atom is -0.341 e. The molecule has 1 saturated heterocycles. The molecule has 0 radical (unpaired) electrons. The van der Waals surface area contributed by atoms with Crippen molar-refractivity contribution in [3.8, 4) is 12.1 Å². The van der Waals surface area contributed by atoms with Crippen LogP contribution in [0.4, 0.5) is 0 Å². The molecule has 98 valence electrons. The molecule has 0 bridgehead atoms. The Balaban J connectivity index is 2.41. The van der Waals surface area contributed by atoms with Crippen LogP contribution in [0.3, 0.4) is 0 Å². The standard InChI is InChI=1S/C13H20N4O/c14-5-1-9-17(10-2-6-15)13(18)11-12-3-7-16-8-4-12/h12,16H,1-4,7-11H2. The predicted octanol–water partition coefficient (Wildman–Crippen LogP) is 1.03. The highest BCUT2D eigenvalue weighted by molar-refractivity contribution is 5.76. The third kappa shape index (κ3) is 5.16. The van der Waals surface area contributed by atoms with Gasteiger partial charge in [-0.2, -0.15) is 10.5 Å². The first-order valence-corrected chi connectivity index (χ1v) is 6.50. The van der Waals surface area contributed by atoms with Crippen LogP contribution in [-0.2, 0) is 4.79 Å². The molecule has 1 N–H and O–H groups in total. The maximum Gasteiger partial charge on any atom is 0.222 e. The third-order valence-electron chi connectivity index (χ3n) is 3.26. The van der Waals surface area contributed by atoms with Crippen molar-refractivity contribution >= 4 is 5.91 Å². The number of rotatable bonds is 6. The average molecular weight is 248 g/mol. The molecule has 0 aromatic heterocycles. The molecule has 5 heteroatoms. The molecular formula is C13H20N4O. The van der Waals surface area contributed by atoms with Gasteiger partial charge in [-0.1, -0.05) is 0 Å². The van der Waals surface area contributed by atoms with E-state index >= 15 is 0 Å². The van der Waals surface area contributed by atoms with E-state index in [2.05, 4.69) is 5.32 Å². The minimum atomic E-state index is 0.0902. The number of hydrogen-bond donors (Lipinski definition) is 1. The molecule has 0 aliphatic carbocycles. The topological polar surface area (TPSA) is 79.9 Å². The van der Waals surface area contributed by atoms with Crippen molar-refractivity contribution in [2.45, 2.75) is 32.1 Å². The summed E-state index contributed by atoms with van der Waals surface area (Å²) in [5.41, 5.74) is 0. The van der Waals surface area contributed by atoms with Crippen LogP contribution in [0.5, 0.6) is 0 Å². The molecule has 0 atom stereocenters. The fourth-order valence-electron chi connectivity index (χ4n) is 2.19. The Hall–Kier alpha value is -1.59. The zero-order valence-corrected chi connectivity index (χ0v) is 10.7. The van der Waals surface area contributed by atoms with E-state index in [0.29, 0.717) is 38.3 Å². The highest BCUT2D eigenvalue weighted by atomic mass is 16.2. The van der Waals surface area contributed by atoms with Gasteiger partial charge >= 0.3 is 0 Å². The quantitative estimate of drug-likeness (QED) is 0.761. The van der Waals surface area contributed by atoms with Gasteiger partial charge in [0.15, 0.2) is 0 Å². The lowest BCUT2D eigenvalue weighted by Crippen LogP contribution is -2.36. The fourth-order valence-corrected chi connectivity index (χ4v) is 2.19. The number of nitrogens with one attached hydrogen (secondary N) is 1. The van der Waals surface area contributed by atoms with Gasteiger partial charge in [-0.25, -0.2) is 0 Å². The number of amides is 1. The van der Waals surface area contributed by atoms with Gasteiger partial charge in [-0.3, -0.25) is 4.79 Å². The molecule has 1 amide bonds. The molecule has 0 aromatic carbocycles. The number of carbonyl (C=O) groups is 1. The second-order valence-electron chi connectivity index (χ2n) is 4.59. The molecule has 0 unspecified atom stereocenters. The number of nitriles is 2. The largest absolute Gasteiger partial charge is 0.341 e. The number of piperidine rings is 1. The molecule has 0 spiro atoms. The molecule has 5 nitrogen and oxygen atoms in total. The van der Waals surface area contributed by atoms with Crippen molar-refractivity contribution in [2.75, 3.05) is 26.2 Å². The fraction of sp³-hybridized carbons (Fsp3) is 0.769. The maximum absolute atomic E-state index is 12.1. The van der Waals surface area contributed by atoms with Gasteiger partial charge in [0.1, 0.15) is 0 Å². The molecule has 0 aromatic rings. The number of nitrogens with zero attached hydrogens (tertiary/aromatic N) is 3. The summed E-state index contributed by atoms with van der Waals surface area (Å²) in [6.07, 6.45) is 3.30. The Bertz CT molecular complexity index is 318. The van der Waals surface area contributed by atoms with E-state index < -0.39 is 0 Å². The third-order valence-corrected chi connectivity index (χ3v) is 3.26. The van der Waals surface area contributed by atoms with E-state index in [1.165, 1.54) is 0 Å². The molecule has 1 aliphatic heterocycles. The summed E-state index contributed by atoms with van der Waals surface area (Å²) in [4.78, 5) is 13.8. The van der Waals surface area contributed by atoms with Crippen LogP contribution in [-0.4, -0.2) is 37.0 Å². The first kappa shape index (κ1) is 14.5. The first-order chi connectivity index (χ1) is 8.77.